The molecule has 0 saturated carbocycles. The summed E-state index contributed by atoms with van der Waals surface area (Å²) in [7, 11) is 3.78. The minimum atomic E-state index is 0.255. The molecule has 3 rings (SSSR count). The fourth-order valence-electron chi connectivity index (χ4n) is 3.19. The molecule has 21 heavy (non-hydrogen) atoms. The van der Waals surface area contributed by atoms with Crippen molar-refractivity contribution in [1.82, 2.24) is 10.2 Å². The number of likely N-dealkylation sites (tertiary alicyclic amines) is 1. The molecule has 0 unspecified atom stereocenters. The summed E-state index contributed by atoms with van der Waals surface area (Å²) in [6.45, 7) is 4.03. The van der Waals surface area contributed by atoms with E-state index in [2.05, 4.69) is 23.3 Å². The van der Waals surface area contributed by atoms with E-state index in [0.717, 1.165) is 55.5 Å². The number of methoxy groups -OCH3 is 1. The van der Waals surface area contributed by atoms with Crippen molar-refractivity contribution in [2.24, 2.45) is 0 Å². The van der Waals surface area contributed by atoms with Crippen LogP contribution in [0.15, 0.2) is 12.1 Å². The maximum atomic E-state index is 6.27. The molecular weight excluding hydrogens is 288 g/mol. The highest BCUT2D eigenvalue weighted by Gasteiger charge is 2.29. The Bertz CT molecular complexity index is 497. The van der Waals surface area contributed by atoms with Gasteiger partial charge in [0.25, 0.3) is 0 Å². The quantitative estimate of drug-likeness (QED) is 0.926. The Hall–Kier alpha value is -0.970. The number of likely N-dealkylation sites (N-methyl/N-ethyl adjacent to an activating group) is 1. The van der Waals surface area contributed by atoms with Gasteiger partial charge < -0.3 is 14.8 Å². The molecule has 2 aliphatic heterocycles. The molecule has 1 aromatic carbocycles. The number of rotatable bonds is 4. The fraction of sp³-hybridized carbons (Fsp3) is 0.625. The first-order valence-corrected chi connectivity index (χ1v) is 7.98. The molecular formula is C16H23ClN2O2. The van der Waals surface area contributed by atoms with E-state index in [1.807, 2.05) is 6.07 Å². The fourth-order valence-corrected chi connectivity index (χ4v) is 3.40. The lowest BCUT2D eigenvalue weighted by Crippen LogP contribution is -2.51. The van der Waals surface area contributed by atoms with Crippen molar-refractivity contribution in [2.75, 3.05) is 40.3 Å². The Morgan fingerprint density at radius 3 is 2.57 bits per heavy atom. The molecule has 2 fully saturated rings. The van der Waals surface area contributed by atoms with Gasteiger partial charge >= 0.3 is 0 Å². The summed E-state index contributed by atoms with van der Waals surface area (Å²) >= 11 is 6.27. The van der Waals surface area contributed by atoms with E-state index in [9.17, 15) is 0 Å². The first kappa shape index (κ1) is 14.9. The molecule has 0 aliphatic carbocycles. The third kappa shape index (κ3) is 3.28. The molecule has 1 aromatic rings. The molecule has 2 aliphatic rings. The van der Waals surface area contributed by atoms with Gasteiger partial charge in [-0.2, -0.15) is 0 Å². The zero-order valence-electron chi connectivity index (χ0n) is 12.7. The normalized spacial score (nSPS) is 21.1. The molecule has 0 amide bonds. The zero-order valence-corrected chi connectivity index (χ0v) is 13.4. The highest BCUT2D eigenvalue weighted by atomic mass is 35.5. The van der Waals surface area contributed by atoms with E-state index in [4.69, 9.17) is 21.1 Å². The lowest BCUT2D eigenvalue weighted by molar-refractivity contribution is 0.0358. The minimum Gasteiger partial charge on any atom is -0.493 e. The van der Waals surface area contributed by atoms with E-state index in [-0.39, 0.29) is 6.10 Å². The van der Waals surface area contributed by atoms with Crippen LogP contribution in [0.25, 0.3) is 0 Å². The van der Waals surface area contributed by atoms with Crippen molar-refractivity contribution in [3.8, 4) is 11.5 Å². The van der Waals surface area contributed by atoms with Crippen molar-refractivity contribution in [2.45, 2.75) is 24.9 Å². The molecule has 2 saturated heterocycles. The van der Waals surface area contributed by atoms with Crippen molar-refractivity contribution >= 4 is 11.6 Å². The van der Waals surface area contributed by atoms with Crippen molar-refractivity contribution in [1.29, 1.82) is 0 Å². The van der Waals surface area contributed by atoms with Gasteiger partial charge in [0, 0.05) is 29.7 Å². The monoisotopic (exact) mass is 310 g/mol. The maximum absolute atomic E-state index is 6.27. The van der Waals surface area contributed by atoms with Crippen LogP contribution in [0.4, 0.5) is 0 Å². The van der Waals surface area contributed by atoms with Crippen LogP contribution in [-0.2, 0) is 0 Å². The molecule has 0 atom stereocenters. The molecule has 2 heterocycles. The lowest BCUT2D eigenvalue weighted by atomic mass is 9.89. The summed E-state index contributed by atoms with van der Waals surface area (Å²) in [5.41, 5.74) is 1.20. The molecule has 116 valence electrons. The summed E-state index contributed by atoms with van der Waals surface area (Å²) in [5.74, 6) is 2.14. The second-order valence-corrected chi connectivity index (χ2v) is 6.45. The molecule has 0 aromatic heterocycles. The molecule has 0 spiro atoms. The van der Waals surface area contributed by atoms with Gasteiger partial charge in [-0.15, -0.1) is 0 Å². The van der Waals surface area contributed by atoms with Gasteiger partial charge in [0.15, 0.2) is 11.5 Å². The Morgan fingerprint density at radius 1 is 1.24 bits per heavy atom. The minimum absolute atomic E-state index is 0.255. The largest absolute Gasteiger partial charge is 0.493 e. The third-order valence-corrected chi connectivity index (χ3v) is 4.58. The van der Waals surface area contributed by atoms with Gasteiger partial charge in [-0.1, -0.05) is 11.6 Å². The number of nitrogens with one attached hydrogen (secondary N) is 1. The highest BCUT2D eigenvalue weighted by molar-refractivity contribution is 6.30. The summed E-state index contributed by atoms with van der Waals surface area (Å²) in [6.07, 6.45) is 2.49. The Labute approximate surface area is 131 Å². The standard InChI is InChI=1S/C16H23ClN2O2/c1-19-9-13(10-19)21-16-14(11-3-5-18-6-4-11)7-12(17)8-15(16)20-2/h7-8,11,13,18H,3-6,9-10H2,1-2H3. The van der Waals surface area contributed by atoms with Crippen molar-refractivity contribution in [3.05, 3.63) is 22.7 Å². The molecule has 0 radical (unpaired) electrons. The molecule has 5 heteroatoms. The smallest absolute Gasteiger partial charge is 0.165 e. The number of hydrogen-bond acceptors (Lipinski definition) is 4. The average molecular weight is 311 g/mol. The number of piperidine rings is 1. The van der Waals surface area contributed by atoms with Gasteiger partial charge in [0.05, 0.1) is 7.11 Å². The van der Waals surface area contributed by atoms with Crippen LogP contribution in [0, 0.1) is 0 Å². The van der Waals surface area contributed by atoms with Crippen LogP contribution in [0.5, 0.6) is 11.5 Å². The van der Waals surface area contributed by atoms with Crippen LogP contribution >= 0.6 is 11.6 Å². The van der Waals surface area contributed by atoms with Gasteiger partial charge in [0.2, 0.25) is 0 Å². The zero-order chi connectivity index (χ0) is 14.8. The third-order valence-electron chi connectivity index (χ3n) is 4.36. The Kier molecular flexibility index (Phi) is 4.57. The highest BCUT2D eigenvalue weighted by Crippen LogP contribution is 2.42. The van der Waals surface area contributed by atoms with Gasteiger partial charge in [-0.3, -0.25) is 4.90 Å². The van der Waals surface area contributed by atoms with Gasteiger partial charge in [0.1, 0.15) is 6.10 Å². The van der Waals surface area contributed by atoms with Gasteiger partial charge in [-0.25, -0.2) is 0 Å². The van der Waals surface area contributed by atoms with Crippen LogP contribution in [-0.4, -0.2) is 51.3 Å². The lowest BCUT2D eigenvalue weighted by Gasteiger charge is -2.37. The van der Waals surface area contributed by atoms with Crippen LogP contribution in [0.2, 0.25) is 5.02 Å². The average Bonchev–Trinajstić information content (AvgIpc) is 2.47. The summed E-state index contributed by atoms with van der Waals surface area (Å²) in [6, 6.07) is 3.90. The number of hydrogen-bond donors (Lipinski definition) is 1. The summed E-state index contributed by atoms with van der Waals surface area (Å²) < 4.78 is 11.8. The van der Waals surface area contributed by atoms with E-state index in [1.54, 1.807) is 7.11 Å². The first-order valence-electron chi connectivity index (χ1n) is 7.60. The second kappa shape index (κ2) is 6.42. The van der Waals surface area contributed by atoms with E-state index in [1.165, 1.54) is 5.56 Å². The predicted molar refractivity (Wildman–Crippen MR) is 84.8 cm³/mol. The topological polar surface area (TPSA) is 33.7 Å². The maximum Gasteiger partial charge on any atom is 0.165 e. The van der Waals surface area contributed by atoms with Gasteiger partial charge in [-0.05, 0) is 45.0 Å². The summed E-state index contributed by atoms with van der Waals surface area (Å²) in [5, 5.41) is 4.13. The summed E-state index contributed by atoms with van der Waals surface area (Å²) in [4.78, 5) is 2.25. The van der Waals surface area contributed by atoms with E-state index >= 15 is 0 Å². The first-order chi connectivity index (χ1) is 10.2. The van der Waals surface area contributed by atoms with Crippen LogP contribution in [0.1, 0.15) is 24.3 Å². The molecule has 1 N–H and O–H groups in total. The Balaban J connectivity index is 1.89. The van der Waals surface area contributed by atoms with Crippen molar-refractivity contribution < 1.29 is 9.47 Å². The number of halogens is 1. The second-order valence-electron chi connectivity index (χ2n) is 6.01. The van der Waals surface area contributed by atoms with E-state index < -0.39 is 0 Å². The number of benzene rings is 1. The Morgan fingerprint density at radius 2 is 1.95 bits per heavy atom. The van der Waals surface area contributed by atoms with Crippen LogP contribution in [0.3, 0.4) is 0 Å². The van der Waals surface area contributed by atoms with E-state index in [0.29, 0.717) is 5.92 Å². The van der Waals surface area contributed by atoms with Crippen LogP contribution < -0.4 is 14.8 Å². The van der Waals surface area contributed by atoms with Crippen molar-refractivity contribution in [3.63, 3.8) is 0 Å². The SMILES string of the molecule is COc1cc(Cl)cc(C2CCNCC2)c1OC1CN(C)C1. The molecule has 4 nitrogen and oxygen atoms in total. The predicted octanol–water partition coefficient (Wildman–Crippen LogP) is 2.51. The number of nitrogens with zero attached hydrogens (tertiary/aromatic N) is 1. The number of ether oxygens (including phenoxy) is 2. The molecule has 0 bridgehead atoms.